The van der Waals surface area contributed by atoms with E-state index in [-0.39, 0.29) is 5.91 Å². The molecule has 104 valence electrons. The molecule has 0 radical (unpaired) electrons. The number of hydrogen-bond donors (Lipinski definition) is 0. The second-order valence-corrected chi connectivity index (χ2v) is 6.57. The fourth-order valence-corrected chi connectivity index (χ4v) is 3.39. The van der Waals surface area contributed by atoms with Crippen molar-refractivity contribution >= 4 is 33.2 Å². The van der Waals surface area contributed by atoms with Crippen LogP contribution in [-0.2, 0) is 4.74 Å². The van der Waals surface area contributed by atoms with E-state index in [9.17, 15) is 4.79 Å². The van der Waals surface area contributed by atoms with Gasteiger partial charge in [0.05, 0.1) is 18.1 Å². The average Bonchev–Trinajstić information content (AvgIpc) is 2.98. The van der Waals surface area contributed by atoms with Gasteiger partial charge in [-0.2, -0.15) is 0 Å². The van der Waals surface area contributed by atoms with Gasteiger partial charge >= 0.3 is 0 Å². The summed E-state index contributed by atoms with van der Waals surface area (Å²) in [5.41, 5.74) is 1.14. The predicted octanol–water partition coefficient (Wildman–Crippen LogP) is 3.65. The minimum absolute atomic E-state index is 0.113. The van der Waals surface area contributed by atoms with Gasteiger partial charge in [-0.05, 0) is 29.8 Å². The van der Waals surface area contributed by atoms with Crippen LogP contribution in [-0.4, -0.2) is 37.1 Å². The third kappa shape index (κ3) is 2.95. The number of carbonyl (C=O) groups is 1. The first-order valence-electron chi connectivity index (χ1n) is 6.47. The number of benzene rings is 1. The van der Waals surface area contributed by atoms with E-state index in [1.54, 1.807) is 11.3 Å². The lowest BCUT2D eigenvalue weighted by Gasteiger charge is -2.26. The first-order valence-corrected chi connectivity index (χ1v) is 8.08. The van der Waals surface area contributed by atoms with Crippen molar-refractivity contribution in [3.05, 3.63) is 45.7 Å². The van der Waals surface area contributed by atoms with E-state index < -0.39 is 0 Å². The standard InChI is InChI=1S/C15H14BrNO2S/c16-12-3-1-11(2-4-12)13-5-6-14(20-13)15(18)17-7-9-19-10-8-17/h1-6H,7-10H2. The lowest BCUT2D eigenvalue weighted by atomic mass is 10.2. The molecule has 0 saturated carbocycles. The molecule has 1 amide bonds. The van der Waals surface area contributed by atoms with Gasteiger partial charge in [0.15, 0.2) is 0 Å². The van der Waals surface area contributed by atoms with Crippen LogP contribution in [0.3, 0.4) is 0 Å². The Hall–Kier alpha value is -1.17. The Kier molecular flexibility index (Phi) is 4.19. The summed E-state index contributed by atoms with van der Waals surface area (Å²) >= 11 is 4.98. The molecule has 5 heteroatoms. The zero-order valence-electron chi connectivity index (χ0n) is 10.8. The maximum atomic E-state index is 12.4. The third-order valence-electron chi connectivity index (χ3n) is 3.24. The smallest absolute Gasteiger partial charge is 0.264 e. The highest BCUT2D eigenvalue weighted by Crippen LogP contribution is 2.29. The number of carbonyl (C=O) groups excluding carboxylic acids is 1. The van der Waals surface area contributed by atoms with Gasteiger partial charge in [0.25, 0.3) is 5.91 Å². The summed E-state index contributed by atoms with van der Waals surface area (Å²) in [6.07, 6.45) is 0. The number of thiophene rings is 1. The summed E-state index contributed by atoms with van der Waals surface area (Å²) in [4.78, 5) is 16.1. The van der Waals surface area contributed by atoms with Crippen LogP contribution in [0, 0.1) is 0 Å². The van der Waals surface area contributed by atoms with E-state index >= 15 is 0 Å². The molecule has 1 aromatic carbocycles. The van der Waals surface area contributed by atoms with Crippen molar-refractivity contribution in [3.8, 4) is 10.4 Å². The monoisotopic (exact) mass is 351 g/mol. The molecule has 0 spiro atoms. The van der Waals surface area contributed by atoms with Gasteiger partial charge in [-0.25, -0.2) is 0 Å². The van der Waals surface area contributed by atoms with Gasteiger partial charge < -0.3 is 9.64 Å². The Balaban J connectivity index is 1.79. The van der Waals surface area contributed by atoms with E-state index in [4.69, 9.17) is 4.74 Å². The van der Waals surface area contributed by atoms with Crippen LogP contribution in [0.25, 0.3) is 10.4 Å². The molecule has 20 heavy (non-hydrogen) atoms. The third-order valence-corrected chi connectivity index (χ3v) is 4.89. The Morgan fingerprint density at radius 1 is 1.10 bits per heavy atom. The van der Waals surface area contributed by atoms with E-state index in [0.717, 1.165) is 19.8 Å². The molecule has 0 bridgehead atoms. The van der Waals surface area contributed by atoms with Crippen molar-refractivity contribution in [2.75, 3.05) is 26.3 Å². The zero-order chi connectivity index (χ0) is 13.9. The van der Waals surface area contributed by atoms with E-state index in [0.29, 0.717) is 26.3 Å². The number of hydrogen-bond acceptors (Lipinski definition) is 3. The lowest BCUT2D eigenvalue weighted by molar-refractivity contribution is 0.0306. The SMILES string of the molecule is O=C(c1ccc(-c2ccc(Br)cc2)s1)N1CCOCC1. The van der Waals surface area contributed by atoms with Crippen LogP contribution >= 0.6 is 27.3 Å². The molecule has 2 heterocycles. The number of rotatable bonds is 2. The highest BCUT2D eigenvalue weighted by molar-refractivity contribution is 9.10. The predicted molar refractivity (Wildman–Crippen MR) is 84.2 cm³/mol. The van der Waals surface area contributed by atoms with Gasteiger partial charge in [-0.15, -0.1) is 11.3 Å². The van der Waals surface area contributed by atoms with Crippen molar-refractivity contribution in [1.29, 1.82) is 0 Å². The van der Waals surface area contributed by atoms with Crippen molar-refractivity contribution in [1.82, 2.24) is 4.90 Å². The number of morpholine rings is 1. The maximum Gasteiger partial charge on any atom is 0.264 e. The van der Waals surface area contributed by atoms with Crippen molar-refractivity contribution < 1.29 is 9.53 Å². The molecular weight excluding hydrogens is 338 g/mol. The fraction of sp³-hybridized carbons (Fsp3) is 0.267. The highest BCUT2D eigenvalue weighted by Gasteiger charge is 2.20. The first-order chi connectivity index (χ1) is 9.74. The van der Waals surface area contributed by atoms with Crippen LogP contribution < -0.4 is 0 Å². The van der Waals surface area contributed by atoms with Crippen LogP contribution in [0.1, 0.15) is 9.67 Å². The van der Waals surface area contributed by atoms with Crippen molar-refractivity contribution in [2.24, 2.45) is 0 Å². The molecule has 3 nitrogen and oxygen atoms in total. The summed E-state index contributed by atoms with van der Waals surface area (Å²) in [6, 6.07) is 12.1. The maximum absolute atomic E-state index is 12.4. The largest absolute Gasteiger partial charge is 0.378 e. The Labute approximate surface area is 130 Å². The quantitative estimate of drug-likeness (QED) is 0.826. The molecule has 0 aliphatic carbocycles. The minimum Gasteiger partial charge on any atom is -0.378 e. The van der Waals surface area contributed by atoms with Gasteiger partial charge in [0, 0.05) is 22.4 Å². The molecule has 0 unspecified atom stereocenters. The normalized spacial score (nSPS) is 15.3. The van der Waals surface area contributed by atoms with Crippen LogP contribution in [0.4, 0.5) is 0 Å². The van der Waals surface area contributed by atoms with Crippen molar-refractivity contribution in [3.63, 3.8) is 0 Å². The Morgan fingerprint density at radius 2 is 1.80 bits per heavy atom. The molecule has 0 N–H and O–H groups in total. The minimum atomic E-state index is 0.113. The Morgan fingerprint density at radius 3 is 2.50 bits per heavy atom. The molecule has 1 aliphatic heterocycles. The molecule has 1 fully saturated rings. The summed E-state index contributed by atoms with van der Waals surface area (Å²) in [5.74, 6) is 0.113. The molecular formula is C15H14BrNO2S. The first kappa shape index (κ1) is 13.8. The van der Waals surface area contributed by atoms with E-state index in [2.05, 4.69) is 28.1 Å². The lowest BCUT2D eigenvalue weighted by Crippen LogP contribution is -2.40. The molecule has 3 rings (SSSR count). The topological polar surface area (TPSA) is 29.5 Å². The van der Waals surface area contributed by atoms with Gasteiger partial charge in [0.2, 0.25) is 0 Å². The molecule has 1 aliphatic rings. The molecule has 1 saturated heterocycles. The second-order valence-electron chi connectivity index (χ2n) is 4.58. The highest BCUT2D eigenvalue weighted by atomic mass is 79.9. The summed E-state index contributed by atoms with van der Waals surface area (Å²) in [6.45, 7) is 2.64. The van der Waals surface area contributed by atoms with E-state index in [1.165, 1.54) is 0 Å². The average molecular weight is 352 g/mol. The van der Waals surface area contributed by atoms with Gasteiger partial charge in [-0.1, -0.05) is 28.1 Å². The second kappa shape index (κ2) is 6.08. The summed E-state index contributed by atoms with van der Waals surface area (Å²) in [7, 11) is 0. The zero-order valence-corrected chi connectivity index (χ0v) is 13.2. The van der Waals surface area contributed by atoms with Crippen LogP contribution in [0.15, 0.2) is 40.9 Å². The number of nitrogens with zero attached hydrogens (tertiary/aromatic N) is 1. The van der Waals surface area contributed by atoms with Crippen molar-refractivity contribution in [2.45, 2.75) is 0 Å². The summed E-state index contributed by atoms with van der Waals surface area (Å²) in [5, 5.41) is 0. The van der Waals surface area contributed by atoms with E-state index in [1.807, 2.05) is 29.2 Å². The molecule has 0 atom stereocenters. The summed E-state index contributed by atoms with van der Waals surface area (Å²) < 4.78 is 6.33. The Bertz CT molecular complexity index is 603. The number of ether oxygens (including phenoxy) is 1. The fourth-order valence-electron chi connectivity index (χ4n) is 2.14. The van der Waals surface area contributed by atoms with Gasteiger partial charge in [0.1, 0.15) is 0 Å². The molecule has 2 aromatic rings. The number of halogens is 1. The van der Waals surface area contributed by atoms with Crippen LogP contribution in [0.2, 0.25) is 0 Å². The van der Waals surface area contributed by atoms with Gasteiger partial charge in [-0.3, -0.25) is 4.79 Å². The molecule has 1 aromatic heterocycles. The van der Waals surface area contributed by atoms with Crippen LogP contribution in [0.5, 0.6) is 0 Å². The number of amides is 1.